The fraction of sp³-hybridized carbons (Fsp3) is 0.118. The van der Waals surface area contributed by atoms with Crippen LogP contribution in [0.2, 0.25) is 0 Å². The van der Waals surface area contributed by atoms with Crippen LogP contribution in [0.1, 0.15) is 10.4 Å². The summed E-state index contributed by atoms with van der Waals surface area (Å²) in [4.78, 5) is 48.8. The molecule has 0 saturated carbocycles. The zero-order valence-corrected chi connectivity index (χ0v) is 15.6. The highest BCUT2D eigenvalue weighted by Crippen LogP contribution is 2.23. The summed E-state index contributed by atoms with van der Waals surface area (Å²) in [5.74, 6) is -1.48. The first-order valence-corrected chi connectivity index (χ1v) is 8.80. The standard InChI is InChI=1S/C17H12N4O7S/c1-28-15(22)9-19-13-4-2-3-5-14(13)29-17(19)18-16(23)10-6-11(20(24)25)8-12(7-10)21(26)27/h2-8H,9H2,1H3. The molecule has 0 spiro atoms. The summed E-state index contributed by atoms with van der Waals surface area (Å²) in [5, 5.41) is 22.0. The number of carbonyl (C=O) groups is 2. The highest BCUT2D eigenvalue weighted by atomic mass is 32.1. The number of hydrogen-bond donors (Lipinski definition) is 0. The quantitative estimate of drug-likeness (QED) is 0.352. The van der Waals surface area contributed by atoms with Crippen molar-refractivity contribution in [2.75, 3.05) is 7.11 Å². The summed E-state index contributed by atoms with van der Waals surface area (Å²) < 4.78 is 6.88. The van der Waals surface area contributed by atoms with Gasteiger partial charge in [-0.1, -0.05) is 23.5 Å². The van der Waals surface area contributed by atoms with Gasteiger partial charge in [0.25, 0.3) is 17.3 Å². The Kier molecular flexibility index (Phi) is 5.45. The number of aromatic nitrogens is 1. The molecule has 3 aromatic rings. The molecule has 0 aliphatic rings. The van der Waals surface area contributed by atoms with E-state index in [4.69, 9.17) is 0 Å². The number of methoxy groups -OCH3 is 1. The maximum atomic E-state index is 12.6. The van der Waals surface area contributed by atoms with Crippen LogP contribution in [0.25, 0.3) is 10.2 Å². The van der Waals surface area contributed by atoms with E-state index in [2.05, 4.69) is 9.73 Å². The summed E-state index contributed by atoms with van der Waals surface area (Å²) >= 11 is 1.12. The molecule has 0 atom stereocenters. The van der Waals surface area contributed by atoms with Crippen LogP contribution in [0, 0.1) is 20.2 Å². The Bertz CT molecular complexity index is 1200. The fourth-order valence-electron chi connectivity index (χ4n) is 2.53. The Morgan fingerprint density at radius 2 is 1.72 bits per heavy atom. The lowest BCUT2D eigenvalue weighted by Crippen LogP contribution is -2.22. The van der Waals surface area contributed by atoms with E-state index in [-0.39, 0.29) is 16.9 Å². The number of non-ortho nitro benzene ring substituents is 2. The van der Waals surface area contributed by atoms with Crippen LogP contribution in [0.3, 0.4) is 0 Å². The zero-order valence-electron chi connectivity index (χ0n) is 14.8. The second-order valence-corrected chi connectivity index (χ2v) is 6.69. The molecule has 0 bridgehead atoms. The Morgan fingerprint density at radius 3 is 2.31 bits per heavy atom. The van der Waals surface area contributed by atoms with Crippen molar-refractivity contribution in [2.24, 2.45) is 4.99 Å². The van der Waals surface area contributed by atoms with Gasteiger partial charge in [0.2, 0.25) is 0 Å². The number of rotatable bonds is 5. The van der Waals surface area contributed by atoms with E-state index in [0.29, 0.717) is 5.52 Å². The molecule has 12 heteroatoms. The first kappa shape index (κ1) is 19.8. The molecular formula is C17H12N4O7S. The van der Waals surface area contributed by atoms with Gasteiger partial charge in [-0.05, 0) is 12.1 Å². The molecule has 11 nitrogen and oxygen atoms in total. The van der Waals surface area contributed by atoms with Crippen LogP contribution in [-0.2, 0) is 16.1 Å². The summed E-state index contributed by atoms with van der Waals surface area (Å²) in [7, 11) is 1.22. The van der Waals surface area contributed by atoms with E-state index >= 15 is 0 Å². The monoisotopic (exact) mass is 416 g/mol. The maximum Gasteiger partial charge on any atom is 0.325 e. The Labute approximate surface area is 165 Å². The summed E-state index contributed by atoms with van der Waals surface area (Å²) in [5.41, 5.74) is -0.875. The van der Waals surface area contributed by atoms with Gasteiger partial charge in [0.15, 0.2) is 4.80 Å². The number of ether oxygens (including phenoxy) is 1. The Morgan fingerprint density at radius 1 is 1.10 bits per heavy atom. The lowest BCUT2D eigenvalue weighted by Gasteiger charge is -2.03. The average Bonchev–Trinajstić information content (AvgIpc) is 3.04. The lowest BCUT2D eigenvalue weighted by molar-refractivity contribution is -0.394. The van der Waals surface area contributed by atoms with Gasteiger partial charge in [0, 0.05) is 12.1 Å². The second kappa shape index (κ2) is 7.98. The molecular weight excluding hydrogens is 404 g/mol. The number of carbonyl (C=O) groups excluding carboxylic acids is 2. The number of nitrogens with zero attached hydrogens (tertiary/aromatic N) is 4. The Hall–Kier alpha value is -3.93. The van der Waals surface area contributed by atoms with Crippen molar-refractivity contribution >= 4 is 44.8 Å². The van der Waals surface area contributed by atoms with Crippen LogP contribution >= 0.6 is 11.3 Å². The third kappa shape index (κ3) is 4.16. The van der Waals surface area contributed by atoms with E-state index in [9.17, 15) is 29.8 Å². The van der Waals surface area contributed by atoms with Crippen molar-refractivity contribution in [1.82, 2.24) is 4.57 Å². The highest BCUT2D eigenvalue weighted by Gasteiger charge is 2.20. The van der Waals surface area contributed by atoms with Crippen LogP contribution < -0.4 is 4.80 Å². The van der Waals surface area contributed by atoms with Crippen LogP contribution in [0.4, 0.5) is 11.4 Å². The smallest absolute Gasteiger partial charge is 0.325 e. The molecule has 2 aromatic carbocycles. The molecule has 3 rings (SSSR count). The van der Waals surface area contributed by atoms with Gasteiger partial charge < -0.3 is 9.30 Å². The fourth-order valence-corrected chi connectivity index (χ4v) is 3.56. The molecule has 0 unspecified atom stereocenters. The van der Waals surface area contributed by atoms with Gasteiger partial charge in [-0.15, -0.1) is 0 Å². The second-order valence-electron chi connectivity index (χ2n) is 5.68. The molecule has 1 aromatic heterocycles. The minimum absolute atomic E-state index is 0.149. The molecule has 0 radical (unpaired) electrons. The van der Waals surface area contributed by atoms with E-state index in [1.54, 1.807) is 24.3 Å². The van der Waals surface area contributed by atoms with Gasteiger partial charge in [-0.2, -0.15) is 4.99 Å². The van der Waals surface area contributed by atoms with Gasteiger partial charge in [-0.3, -0.25) is 29.8 Å². The van der Waals surface area contributed by atoms with Crippen molar-refractivity contribution in [2.45, 2.75) is 6.54 Å². The maximum absolute atomic E-state index is 12.6. The summed E-state index contributed by atoms with van der Waals surface area (Å²) in [6.07, 6.45) is 0. The first-order chi connectivity index (χ1) is 13.8. The van der Waals surface area contributed by atoms with Gasteiger partial charge >= 0.3 is 5.97 Å². The van der Waals surface area contributed by atoms with E-state index in [1.807, 2.05) is 0 Å². The van der Waals surface area contributed by atoms with E-state index in [1.165, 1.54) is 11.7 Å². The topological polar surface area (TPSA) is 147 Å². The number of esters is 1. The van der Waals surface area contributed by atoms with Crippen molar-refractivity contribution in [1.29, 1.82) is 0 Å². The number of nitro benzene ring substituents is 2. The number of fused-ring (bicyclic) bond motifs is 1. The van der Waals surface area contributed by atoms with E-state index in [0.717, 1.165) is 34.2 Å². The van der Waals surface area contributed by atoms with Crippen LogP contribution in [-0.4, -0.2) is 33.4 Å². The molecule has 29 heavy (non-hydrogen) atoms. The van der Waals surface area contributed by atoms with Crippen molar-refractivity contribution in [3.63, 3.8) is 0 Å². The number of hydrogen-bond acceptors (Lipinski definition) is 8. The predicted octanol–water partition coefficient (Wildman–Crippen LogP) is 2.43. The third-order valence-electron chi connectivity index (χ3n) is 3.87. The molecule has 1 heterocycles. The lowest BCUT2D eigenvalue weighted by atomic mass is 10.1. The number of nitro groups is 2. The SMILES string of the molecule is COC(=O)Cn1c(=NC(=O)c2cc([N+](=O)[O-])cc([N+](=O)[O-])c2)sc2ccccc21. The number of thiazole rings is 1. The molecule has 0 aliphatic heterocycles. The minimum Gasteiger partial charge on any atom is -0.468 e. The summed E-state index contributed by atoms with van der Waals surface area (Å²) in [6, 6.07) is 9.61. The molecule has 0 aliphatic carbocycles. The molecule has 0 saturated heterocycles. The van der Waals surface area contributed by atoms with Crippen molar-refractivity contribution in [3.8, 4) is 0 Å². The highest BCUT2D eigenvalue weighted by molar-refractivity contribution is 7.16. The van der Waals surface area contributed by atoms with Crippen molar-refractivity contribution < 1.29 is 24.2 Å². The predicted molar refractivity (Wildman–Crippen MR) is 101 cm³/mol. The normalized spacial score (nSPS) is 11.4. The number of para-hydroxylation sites is 1. The zero-order chi connectivity index (χ0) is 21.1. The average molecular weight is 416 g/mol. The Balaban J connectivity index is 2.15. The van der Waals surface area contributed by atoms with Gasteiger partial charge in [0.05, 0.1) is 38.8 Å². The van der Waals surface area contributed by atoms with Gasteiger partial charge in [-0.25, -0.2) is 0 Å². The number of amides is 1. The first-order valence-electron chi connectivity index (χ1n) is 7.98. The largest absolute Gasteiger partial charge is 0.468 e. The molecule has 148 valence electrons. The van der Waals surface area contributed by atoms with E-state index < -0.39 is 33.1 Å². The van der Waals surface area contributed by atoms with Crippen LogP contribution in [0.5, 0.6) is 0 Å². The number of benzene rings is 2. The molecule has 0 N–H and O–H groups in total. The van der Waals surface area contributed by atoms with Crippen LogP contribution in [0.15, 0.2) is 47.5 Å². The van der Waals surface area contributed by atoms with Crippen molar-refractivity contribution in [3.05, 3.63) is 73.1 Å². The third-order valence-corrected chi connectivity index (χ3v) is 4.93. The minimum atomic E-state index is -0.915. The molecule has 0 fully saturated rings. The van der Waals surface area contributed by atoms with Gasteiger partial charge in [0.1, 0.15) is 6.54 Å². The summed E-state index contributed by atoms with van der Waals surface area (Å²) in [6.45, 7) is -0.207. The molecule has 1 amide bonds.